The first-order valence-electron chi connectivity index (χ1n) is 4.74. The van der Waals surface area contributed by atoms with Crippen molar-refractivity contribution in [3.8, 4) is 0 Å². The summed E-state index contributed by atoms with van der Waals surface area (Å²) in [6.45, 7) is 3.93. The number of rotatable bonds is 0. The van der Waals surface area contributed by atoms with Crippen molar-refractivity contribution in [2.45, 2.75) is 19.8 Å². The van der Waals surface area contributed by atoms with Crippen LogP contribution < -0.4 is 0 Å². The quantitative estimate of drug-likeness (QED) is 0.389. The predicted molar refractivity (Wildman–Crippen MR) is 63.9 cm³/mol. The van der Waals surface area contributed by atoms with Gasteiger partial charge in [-0.05, 0) is 19.8 Å². The number of hydrogen-bond donors (Lipinski definition) is 1. The van der Waals surface area contributed by atoms with Crippen LogP contribution in [0.15, 0.2) is 0 Å². The van der Waals surface area contributed by atoms with Crippen LogP contribution in [-0.2, 0) is 4.74 Å². The zero-order valence-electron chi connectivity index (χ0n) is 11.0. The van der Waals surface area contributed by atoms with E-state index in [1.165, 1.54) is 12.8 Å². The second kappa shape index (κ2) is 31.2. The first-order valence-corrected chi connectivity index (χ1v) is 4.74. The molecule has 15 heteroatoms. The third-order valence-electron chi connectivity index (χ3n) is 0.827. The summed E-state index contributed by atoms with van der Waals surface area (Å²) in [7, 11) is 0. The van der Waals surface area contributed by atoms with Crippen LogP contribution in [0.5, 0.6) is 0 Å². The number of hydrogen-bond acceptors (Lipinski definition) is 11. The molecule has 1 aliphatic rings. The van der Waals surface area contributed by atoms with Gasteiger partial charge in [0.2, 0.25) is 0 Å². The molecule has 0 atom stereocenters. The van der Waals surface area contributed by atoms with Crippen molar-refractivity contribution in [2.75, 3.05) is 19.8 Å². The molecule has 14 nitrogen and oxygen atoms in total. The van der Waals surface area contributed by atoms with E-state index in [0.29, 0.717) is 0 Å². The number of nitrogens with zero attached hydrogens (tertiary/aromatic N) is 3. The Hall–Kier alpha value is -1.29. The van der Waals surface area contributed by atoms with Crippen molar-refractivity contribution in [3.63, 3.8) is 0 Å². The average molecular weight is 443 g/mol. The van der Waals surface area contributed by atoms with Gasteiger partial charge in [0.05, 0.1) is 15.3 Å². The summed E-state index contributed by atoms with van der Waals surface area (Å²) in [4.78, 5) is 24.8. The van der Waals surface area contributed by atoms with Crippen molar-refractivity contribution in [1.29, 1.82) is 0 Å². The second-order valence-electron chi connectivity index (χ2n) is 2.31. The third-order valence-corrected chi connectivity index (χ3v) is 0.827. The van der Waals surface area contributed by atoms with Gasteiger partial charge < -0.3 is 55.8 Å². The van der Waals surface area contributed by atoms with Crippen molar-refractivity contribution in [1.82, 2.24) is 0 Å². The van der Waals surface area contributed by atoms with Crippen molar-refractivity contribution in [3.05, 3.63) is 46.0 Å². The molecule has 1 fully saturated rings. The summed E-state index contributed by atoms with van der Waals surface area (Å²) < 4.78 is 4.94. The molecule has 0 aromatic rings. The van der Waals surface area contributed by atoms with Crippen molar-refractivity contribution in [2.24, 2.45) is 0 Å². The van der Waals surface area contributed by atoms with Crippen LogP contribution in [0.3, 0.4) is 0 Å². The maximum Gasteiger partial charge on any atom is 3.00 e. The van der Waals surface area contributed by atoms with Crippen molar-refractivity contribution >= 4 is 0 Å². The molecule has 0 unspecified atom stereocenters. The predicted octanol–water partition coefficient (Wildman–Crippen LogP) is 0.0781. The summed E-state index contributed by atoms with van der Waals surface area (Å²) in [6, 6.07) is 0. The van der Waals surface area contributed by atoms with Gasteiger partial charge in [-0.1, -0.05) is 0 Å². The molecule has 0 aliphatic carbocycles. The molecule has 0 radical (unpaired) electrons. The molecule has 0 amide bonds. The maximum absolute atomic E-state index is 8.25. The minimum absolute atomic E-state index is 0. The van der Waals surface area contributed by atoms with E-state index in [9.17, 15) is 0 Å². The van der Waals surface area contributed by atoms with Crippen molar-refractivity contribution < 1.29 is 60.7 Å². The van der Waals surface area contributed by atoms with E-state index in [-0.39, 0.29) is 42.2 Å². The summed E-state index contributed by atoms with van der Waals surface area (Å²) in [5, 5.41) is 51.8. The topological polar surface area (TPSA) is 228 Å². The van der Waals surface area contributed by atoms with Crippen LogP contribution in [-0.4, -0.2) is 40.2 Å². The molecule has 1 rings (SSSR count). The molecule has 1 saturated heterocycles. The number of ether oxygens (including phenoxy) is 1. The average Bonchev–Trinajstić information content (AvgIpc) is 2.71. The van der Waals surface area contributed by atoms with Gasteiger partial charge in [-0.15, -0.1) is 0 Å². The SMILES string of the molecule is C1CCOC1.CCO.O=[N+]([O-])[O-].O=[N+]([O-])[O-].O=[N+]([O-])[O-].[La+3]. The smallest absolute Gasteiger partial charge is 0.397 e. The third kappa shape index (κ3) is 379. The molecular formula is C6H14LaN3O11. The molecule has 1 heterocycles. The van der Waals surface area contributed by atoms with Crippen LogP contribution in [0.1, 0.15) is 19.8 Å². The first-order chi connectivity index (χ1) is 9.11. The Balaban J connectivity index is -0.0000000508. The summed E-state index contributed by atoms with van der Waals surface area (Å²) >= 11 is 0. The molecule has 1 aliphatic heterocycles. The Morgan fingerprint density at radius 2 is 1.00 bits per heavy atom. The molecule has 0 aromatic heterocycles. The molecule has 0 bridgehead atoms. The van der Waals surface area contributed by atoms with Gasteiger partial charge in [-0.25, -0.2) is 0 Å². The summed E-state index contributed by atoms with van der Waals surface area (Å²) in [5.41, 5.74) is 0. The standard InChI is InChI=1S/C4H8O.C2H6O.La.3NO3/c1-2-4-5-3-1;1-2-3;;3*2-1(3)4/h1-4H2;3H,2H2,1H3;;;;/q;;+3;3*-1. The van der Waals surface area contributed by atoms with Crippen LogP contribution >= 0.6 is 0 Å². The van der Waals surface area contributed by atoms with E-state index in [0.717, 1.165) is 13.2 Å². The van der Waals surface area contributed by atoms with Gasteiger partial charge in [0.1, 0.15) is 0 Å². The first kappa shape index (κ1) is 31.9. The largest absolute Gasteiger partial charge is 3.00 e. The van der Waals surface area contributed by atoms with E-state index in [2.05, 4.69) is 0 Å². The Bertz CT molecular complexity index is 190. The van der Waals surface area contributed by atoms with Crippen LogP contribution in [0.25, 0.3) is 0 Å². The van der Waals surface area contributed by atoms with Crippen LogP contribution in [0.4, 0.5) is 0 Å². The fraction of sp³-hybridized carbons (Fsp3) is 1.00. The molecule has 0 spiro atoms. The zero-order chi connectivity index (χ0) is 17.0. The number of aliphatic hydroxyl groups is 1. The van der Waals surface area contributed by atoms with Gasteiger partial charge in [-0.2, -0.15) is 0 Å². The van der Waals surface area contributed by atoms with E-state index in [4.69, 9.17) is 55.8 Å². The molecule has 21 heavy (non-hydrogen) atoms. The van der Waals surface area contributed by atoms with Gasteiger partial charge in [-0.3, -0.25) is 0 Å². The Morgan fingerprint density at radius 3 is 1.05 bits per heavy atom. The normalized spacial score (nSPS) is 10.0. The monoisotopic (exact) mass is 443 g/mol. The Kier molecular flexibility index (Phi) is 47.4. The minimum Gasteiger partial charge on any atom is -0.397 e. The molecule has 1 N–H and O–H groups in total. The minimum atomic E-state index is -1.75. The van der Waals surface area contributed by atoms with E-state index >= 15 is 0 Å². The molecular weight excluding hydrogens is 429 g/mol. The second-order valence-corrected chi connectivity index (χ2v) is 2.31. The maximum atomic E-state index is 8.25. The Morgan fingerprint density at radius 1 is 0.857 bits per heavy atom. The molecule has 0 saturated carbocycles. The van der Waals surface area contributed by atoms with E-state index < -0.39 is 15.3 Å². The molecule has 122 valence electrons. The summed E-state index contributed by atoms with van der Waals surface area (Å²) in [5.74, 6) is 0. The fourth-order valence-electron chi connectivity index (χ4n) is 0.510. The number of aliphatic hydroxyl groups excluding tert-OH is 1. The van der Waals surface area contributed by atoms with Gasteiger partial charge >= 0.3 is 35.6 Å². The Labute approximate surface area is 146 Å². The molecule has 0 aromatic carbocycles. The fourth-order valence-corrected chi connectivity index (χ4v) is 0.510. The van der Waals surface area contributed by atoms with Gasteiger partial charge in [0.25, 0.3) is 0 Å². The van der Waals surface area contributed by atoms with E-state index in [1.807, 2.05) is 0 Å². The summed E-state index contributed by atoms with van der Waals surface area (Å²) in [6.07, 6.45) is 2.56. The van der Waals surface area contributed by atoms with Crippen LogP contribution in [0.2, 0.25) is 0 Å². The van der Waals surface area contributed by atoms with Crippen LogP contribution in [0, 0.1) is 81.6 Å². The van der Waals surface area contributed by atoms with Gasteiger partial charge in [0.15, 0.2) is 0 Å². The van der Waals surface area contributed by atoms with E-state index in [1.54, 1.807) is 6.92 Å². The zero-order valence-corrected chi connectivity index (χ0v) is 14.6. The van der Waals surface area contributed by atoms with Gasteiger partial charge in [0, 0.05) is 19.8 Å².